The van der Waals surface area contributed by atoms with Gasteiger partial charge in [-0.05, 0) is 25.1 Å². The Morgan fingerprint density at radius 3 is 2.82 bits per heavy atom. The topological polar surface area (TPSA) is 92.4 Å². The molecule has 1 heterocycles. The third-order valence-electron chi connectivity index (χ3n) is 2.42. The van der Waals surface area contributed by atoms with Crippen molar-refractivity contribution in [3.63, 3.8) is 0 Å². The Morgan fingerprint density at radius 2 is 2.18 bits per heavy atom. The molecule has 0 fully saturated rings. The van der Waals surface area contributed by atoms with Crippen LogP contribution in [0.15, 0.2) is 23.0 Å². The van der Waals surface area contributed by atoms with Crippen molar-refractivity contribution in [2.45, 2.75) is 13.5 Å². The third-order valence-corrected chi connectivity index (χ3v) is 2.42. The van der Waals surface area contributed by atoms with Crippen LogP contribution < -0.4 is 5.56 Å². The molecule has 0 aliphatic heterocycles. The zero-order valence-corrected chi connectivity index (χ0v) is 9.04. The van der Waals surface area contributed by atoms with Gasteiger partial charge in [-0.3, -0.25) is 14.2 Å². The summed E-state index contributed by atoms with van der Waals surface area (Å²) in [6.07, 6.45) is 0. The fourth-order valence-electron chi connectivity index (χ4n) is 1.64. The first-order valence-corrected chi connectivity index (χ1v) is 4.91. The predicted molar refractivity (Wildman–Crippen MR) is 60.0 cm³/mol. The number of aliphatic carboxylic acids is 1. The molecule has 0 bridgehead atoms. The molecule has 1 aromatic heterocycles. The molecule has 0 aliphatic rings. The summed E-state index contributed by atoms with van der Waals surface area (Å²) >= 11 is 0. The summed E-state index contributed by atoms with van der Waals surface area (Å²) in [6, 6.07) is 4.22. The lowest BCUT2D eigenvalue weighted by atomic mass is 10.2. The van der Waals surface area contributed by atoms with E-state index in [4.69, 9.17) is 5.11 Å². The summed E-state index contributed by atoms with van der Waals surface area (Å²) in [7, 11) is 0. The van der Waals surface area contributed by atoms with Crippen LogP contribution in [0, 0.1) is 6.92 Å². The van der Waals surface area contributed by atoms with Crippen molar-refractivity contribution < 1.29 is 15.0 Å². The van der Waals surface area contributed by atoms with E-state index < -0.39 is 18.1 Å². The second kappa shape index (κ2) is 3.89. The second-order valence-corrected chi connectivity index (χ2v) is 3.65. The summed E-state index contributed by atoms with van der Waals surface area (Å²) < 4.78 is 1.06. The van der Waals surface area contributed by atoms with Crippen LogP contribution in [0.2, 0.25) is 0 Å². The molecule has 0 unspecified atom stereocenters. The van der Waals surface area contributed by atoms with Gasteiger partial charge in [-0.1, -0.05) is 0 Å². The number of hydrogen-bond acceptors (Lipinski definition) is 4. The summed E-state index contributed by atoms with van der Waals surface area (Å²) in [5.74, 6) is -0.839. The monoisotopic (exact) mass is 234 g/mol. The number of carboxylic acid groups (broad SMARTS) is 1. The van der Waals surface area contributed by atoms with Crippen molar-refractivity contribution in [3.8, 4) is 5.75 Å². The minimum absolute atomic E-state index is 0.0536. The first kappa shape index (κ1) is 11.1. The largest absolute Gasteiger partial charge is 0.508 e. The number of hydrogen-bond donors (Lipinski definition) is 2. The SMILES string of the molecule is Cc1nc2ccc(O)cc2c(=O)n1CC(=O)O. The van der Waals surface area contributed by atoms with Gasteiger partial charge in [0, 0.05) is 0 Å². The maximum absolute atomic E-state index is 12.0. The van der Waals surface area contributed by atoms with E-state index in [9.17, 15) is 14.7 Å². The van der Waals surface area contributed by atoms with Crippen molar-refractivity contribution in [2.24, 2.45) is 0 Å². The average Bonchev–Trinajstić information content (AvgIpc) is 2.25. The van der Waals surface area contributed by atoms with Crippen LogP contribution in [0.3, 0.4) is 0 Å². The molecular formula is C11H10N2O4. The molecule has 0 saturated carbocycles. The molecule has 0 saturated heterocycles. The molecule has 2 N–H and O–H groups in total. The van der Waals surface area contributed by atoms with Crippen LogP contribution in [0.1, 0.15) is 5.82 Å². The molecule has 6 heteroatoms. The first-order chi connectivity index (χ1) is 7.99. The molecule has 0 spiro atoms. The van der Waals surface area contributed by atoms with E-state index in [2.05, 4.69) is 4.98 Å². The Hall–Kier alpha value is -2.37. The van der Waals surface area contributed by atoms with E-state index in [-0.39, 0.29) is 11.1 Å². The number of nitrogens with zero attached hydrogens (tertiary/aromatic N) is 2. The fraction of sp³-hybridized carbons (Fsp3) is 0.182. The molecule has 0 amide bonds. The number of phenolic OH excluding ortho intramolecular Hbond substituents is 1. The lowest BCUT2D eigenvalue weighted by Gasteiger charge is -2.08. The zero-order chi connectivity index (χ0) is 12.6. The van der Waals surface area contributed by atoms with E-state index in [1.165, 1.54) is 18.2 Å². The number of rotatable bonds is 2. The Morgan fingerprint density at radius 1 is 1.47 bits per heavy atom. The van der Waals surface area contributed by atoms with E-state index in [1.807, 2.05) is 0 Å². The number of carboxylic acids is 1. The van der Waals surface area contributed by atoms with Crippen LogP contribution in [-0.2, 0) is 11.3 Å². The van der Waals surface area contributed by atoms with Gasteiger partial charge in [-0.25, -0.2) is 4.98 Å². The highest BCUT2D eigenvalue weighted by molar-refractivity contribution is 5.79. The van der Waals surface area contributed by atoms with Gasteiger partial charge in [-0.15, -0.1) is 0 Å². The van der Waals surface area contributed by atoms with Crippen LogP contribution in [-0.4, -0.2) is 25.7 Å². The van der Waals surface area contributed by atoms with Crippen LogP contribution >= 0.6 is 0 Å². The van der Waals surface area contributed by atoms with Gasteiger partial charge >= 0.3 is 5.97 Å². The Labute approximate surface area is 95.8 Å². The van der Waals surface area contributed by atoms with Crippen LogP contribution in [0.5, 0.6) is 5.75 Å². The van der Waals surface area contributed by atoms with E-state index in [0.29, 0.717) is 11.3 Å². The van der Waals surface area contributed by atoms with Crippen LogP contribution in [0.25, 0.3) is 10.9 Å². The van der Waals surface area contributed by atoms with Gasteiger partial charge < -0.3 is 10.2 Å². The second-order valence-electron chi connectivity index (χ2n) is 3.65. The van der Waals surface area contributed by atoms with Gasteiger partial charge in [0.15, 0.2) is 0 Å². The van der Waals surface area contributed by atoms with Crippen molar-refractivity contribution in [1.82, 2.24) is 9.55 Å². The molecule has 0 aliphatic carbocycles. The number of benzene rings is 1. The lowest BCUT2D eigenvalue weighted by Crippen LogP contribution is -2.27. The number of fused-ring (bicyclic) bond motifs is 1. The lowest BCUT2D eigenvalue weighted by molar-refractivity contribution is -0.137. The van der Waals surface area contributed by atoms with E-state index in [0.717, 1.165) is 4.57 Å². The normalized spacial score (nSPS) is 10.6. The summed E-state index contributed by atoms with van der Waals surface area (Å²) in [5.41, 5.74) is -0.0299. The minimum atomic E-state index is -1.11. The quantitative estimate of drug-likeness (QED) is 0.789. The predicted octanol–water partition coefficient (Wildman–Crippen LogP) is 0.495. The molecular weight excluding hydrogens is 224 g/mol. The number of phenols is 1. The fourth-order valence-corrected chi connectivity index (χ4v) is 1.64. The van der Waals surface area contributed by atoms with E-state index >= 15 is 0 Å². The van der Waals surface area contributed by atoms with Crippen molar-refractivity contribution in [1.29, 1.82) is 0 Å². The van der Waals surface area contributed by atoms with Crippen LogP contribution in [0.4, 0.5) is 0 Å². The van der Waals surface area contributed by atoms with Gasteiger partial charge in [0.1, 0.15) is 18.1 Å². The Balaban J connectivity index is 2.78. The molecule has 0 atom stereocenters. The summed E-state index contributed by atoms with van der Waals surface area (Å²) in [5, 5.41) is 18.2. The number of carbonyl (C=O) groups is 1. The minimum Gasteiger partial charge on any atom is -0.508 e. The smallest absolute Gasteiger partial charge is 0.323 e. The molecule has 2 rings (SSSR count). The Kier molecular flexibility index (Phi) is 2.55. The van der Waals surface area contributed by atoms with Crippen molar-refractivity contribution in [2.75, 3.05) is 0 Å². The molecule has 0 radical (unpaired) electrons. The number of aromatic hydroxyl groups is 1. The Bertz CT molecular complexity index is 660. The zero-order valence-electron chi connectivity index (χ0n) is 9.04. The average molecular weight is 234 g/mol. The van der Waals surface area contributed by atoms with Gasteiger partial charge in [0.05, 0.1) is 10.9 Å². The summed E-state index contributed by atoms with van der Waals surface area (Å²) in [4.78, 5) is 26.7. The third kappa shape index (κ3) is 1.96. The number of aryl methyl sites for hydroxylation is 1. The summed E-state index contributed by atoms with van der Waals surface area (Å²) in [6.45, 7) is 1.12. The molecule has 17 heavy (non-hydrogen) atoms. The van der Waals surface area contributed by atoms with Gasteiger partial charge in [-0.2, -0.15) is 0 Å². The molecule has 2 aromatic rings. The maximum Gasteiger partial charge on any atom is 0.323 e. The van der Waals surface area contributed by atoms with E-state index in [1.54, 1.807) is 6.92 Å². The highest BCUT2D eigenvalue weighted by atomic mass is 16.4. The molecule has 6 nitrogen and oxygen atoms in total. The highest BCUT2D eigenvalue weighted by Crippen LogP contribution is 2.15. The maximum atomic E-state index is 12.0. The van der Waals surface area contributed by atoms with Crippen molar-refractivity contribution in [3.05, 3.63) is 34.4 Å². The van der Waals surface area contributed by atoms with Gasteiger partial charge in [0.25, 0.3) is 5.56 Å². The van der Waals surface area contributed by atoms with Crippen molar-refractivity contribution >= 4 is 16.9 Å². The van der Waals surface area contributed by atoms with Gasteiger partial charge in [0.2, 0.25) is 0 Å². The molecule has 1 aromatic carbocycles. The number of aromatic nitrogens is 2. The highest BCUT2D eigenvalue weighted by Gasteiger charge is 2.10. The molecule has 88 valence electrons. The standard InChI is InChI=1S/C11H10N2O4/c1-6-12-9-3-2-7(14)4-8(9)11(17)13(6)5-10(15)16/h2-4,14H,5H2,1H3,(H,15,16). The first-order valence-electron chi connectivity index (χ1n) is 4.91.